The van der Waals surface area contributed by atoms with Crippen molar-refractivity contribution in [1.29, 1.82) is 0 Å². The van der Waals surface area contributed by atoms with Crippen molar-refractivity contribution in [2.45, 2.75) is 0 Å². The van der Waals surface area contributed by atoms with Crippen molar-refractivity contribution in [1.82, 2.24) is 19.9 Å². The van der Waals surface area contributed by atoms with Crippen LogP contribution >= 0.6 is 22.7 Å². The normalized spacial score (nSPS) is 12.3. The summed E-state index contributed by atoms with van der Waals surface area (Å²) < 4.78 is 24.3. The highest BCUT2D eigenvalue weighted by Crippen LogP contribution is 2.36. The lowest BCUT2D eigenvalue weighted by molar-refractivity contribution is 0.550. The van der Waals surface area contributed by atoms with Gasteiger partial charge >= 0.3 is 0 Å². The predicted molar refractivity (Wildman–Crippen MR) is 164 cm³/mol. The summed E-state index contributed by atoms with van der Waals surface area (Å²) in [6.07, 6.45) is 0. The van der Waals surface area contributed by atoms with Gasteiger partial charge in [0.05, 0.1) is 9.75 Å². The van der Waals surface area contributed by atoms with Crippen LogP contribution in [0.15, 0.2) is 101 Å². The van der Waals surface area contributed by atoms with Crippen molar-refractivity contribution in [3.63, 3.8) is 0 Å². The lowest BCUT2D eigenvalue weighted by atomic mass is 10.1. The molecule has 6 heterocycles. The van der Waals surface area contributed by atoms with Gasteiger partial charge in [-0.05, 0) is 93.0 Å². The zero-order valence-corrected chi connectivity index (χ0v) is 23.0. The SMILES string of the molecule is c1csc(-c2nc3cc4cc5oc(-c6nc7cc8cc9oc(-c%10cccs%10)nc9cc8cc7o6)nc5cc4cc3o2)c1. The molecule has 0 saturated carbocycles. The Kier molecular flexibility index (Phi) is 4.33. The third kappa shape index (κ3) is 3.33. The first-order chi connectivity index (χ1) is 20.7. The summed E-state index contributed by atoms with van der Waals surface area (Å²) in [6, 6.07) is 23.8. The quantitative estimate of drug-likeness (QED) is 0.203. The molecule has 0 radical (unpaired) electrons. The van der Waals surface area contributed by atoms with Crippen molar-refractivity contribution >= 4 is 88.6 Å². The number of hydrogen-bond acceptors (Lipinski definition) is 10. The number of hydrogen-bond donors (Lipinski definition) is 0. The average Bonchev–Trinajstić information content (AvgIpc) is 3.83. The molecule has 10 aromatic rings. The van der Waals surface area contributed by atoms with Gasteiger partial charge in [0.15, 0.2) is 22.3 Å². The van der Waals surface area contributed by atoms with E-state index in [0.29, 0.717) is 45.8 Å². The average molecular weight is 583 g/mol. The van der Waals surface area contributed by atoms with Crippen LogP contribution in [-0.2, 0) is 0 Å². The maximum atomic E-state index is 6.13. The van der Waals surface area contributed by atoms with Crippen molar-refractivity contribution in [3.05, 3.63) is 83.6 Å². The molecule has 0 N–H and O–H groups in total. The minimum absolute atomic E-state index is 0.318. The maximum Gasteiger partial charge on any atom is 0.284 e. The van der Waals surface area contributed by atoms with Gasteiger partial charge in [0, 0.05) is 0 Å². The van der Waals surface area contributed by atoms with E-state index in [-0.39, 0.29) is 0 Å². The van der Waals surface area contributed by atoms with E-state index in [1.165, 1.54) is 0 Å². The van der Waals surface area contributed by atoms with Crippen LogP contribution in [0.5, 0.6) is 0 Å². The van der Waals surface area contributed by atoms with Crippen LogP contribution in [0.3, 0.4) is 0 Å². The molecule has 4 aromatic carbocycles. The fraction of sp³-hybridized carbons (Fsp3) is 0. The second-order valence-electron chi connectivity index (χ2n) is 10.0. The number of aromatic nitrogens is 4. The molecule has 10 heteroatoms. The topological polar surface area (TPSA) is 104 Å². The Balaban J connectivity index is 1.05. The molecule has 0 saturated heterocycles. The van der Waals surface area contributed by atoms with Crippen LogP contribution in [0.25, 0.3) is 99.3 Å². The summed E-state index contributed by atoms with van der Waals surface area (Å²) in [4.78, 5) is 20.8. The maximum absolute atomic E-state index is 6.13. The summed E-state index contributed by atoms with van der Waals surface area (Å²) in [5, 5.41) is 7.93. The predicted octanol–water partition coefficient (Wildman–Crippen LogP) is 9.68. The van der Waals surface area contributed by atoms with Gasteiger partial charge in [-0.3, -0.25) is 0 Å². The summed E-state index contributed by atoms with van der Waals surface area (Å²) in [6.45, 7) is 0. The van der Waals surface area contributed by atoms with Crippen LogP contribution in [0.2, 0.25) is 0 Å². The van der Waals surface area contributed by atoms with Crippen LogP contribution in [0, 0.1) is 0 Å². The Labute approximate surface area is 242 Å². The van der Waals surface area contributed by atoms with E-state index in [9.17, 15) is 0 Å². The molecule has 0 atom stereocenters. The van der Waals surface area contributed by atoms with Crippen molar-refractivity contribution < 1.29 is 17.7 Å². The van der Waals surface area contributed by atoms with Crippen molar-refractivity contribution in [2.75, 3.05) is 0 Å². The Hall–Kier alpha value is -5.32. The molecule has 6 aromatic heterocycles. The van der Waals surface area contributed by atoms with E-state index in [0.717, 1.165) is 53.5 Å². The van der Waals surface area contributed by atoms with Crippen molar-refractivity contribution in [2.24, 2.45) is 0 Å². The Bertz CT molecular complexity index is 2310. The van der Waals surface area contributed by atoms with E-state index < -0.39 is 0 Å². The molecule has 0 fully saturated rings. The molecule has 0 aliphatic rings. The first-order valence-corrected chi connectivity index (χ1v) is 14.8. The molecule has 198 valence electrons. The largest absolute Gasteiger partial charge is 0.435 e. The molecule has 8 nitrogen and oxygen atoms in total. The van der Waals surface area contributed by atoms with Crippen LogP contribution in [-0.4, -0.2) is 19.9 Å². The summed E-state index contributed by atoms with van der Waals surface area (Å²) in [5.41, 5.74) is 5.72. The first kappa shape index (κ1) is 22.4. The number of fused-ring (bicyclic) bond motifs is 6. The number of benzene rings is 4. The van der Waals surface area contributed by atoms with E-state index in [1.54, 1.807) is 22.7 Å². The Morgan fingerprint density at radius 1 is 0.405 bits per heavy atom. The molecule has 42 heavy (non-hydrogen) atoms. The lowest BCUT2D eigenvalue weighted by Crippen LogP contribution is -1.77. The molecule has 0 aliphatic heterocycles. The van der Waals surface area contributed by atoms with Gasteiger partial charge in [0.1, 0.15) is 22.1 Å². The van der Waals surface area contributed by atoms with Gasteiger partial charge in [-0.1, -0.05) is 12.1 Å². The minimum atomic E-state index is 0.318. The van der Waals surface area contributed by atoms with E-state index in [2.05, 4.69) is 9.97 Å². The molecule has 0 spiro atoms. The Morgan fingerprint density at radius 2 is 0.738 bits per heavy atom. The molecule has 10 rings (SSSR count). The van der Waals surface area contributed by atoms with Crippen LogP contribution in [0.4, 0.5) is 0 Å². The number of nitrogens with zero attached hydrogens (tertiary/aromatic N) is 4. The molecule has 0 aliphatic carbocycles. The fourth-order valence-corrected chi connectivity index (χ4v) is 6.68. The molecular formula is C32H14N4O4S2. The standard InChI is InChI=1S/C32H14N4O4S2/c1-3-27(41-5-1)29-33-19-7-15-13-25-21(9-17(15)11-23(19)37-29)35-31(39-25)32-36-22-10-18-12-24-20(8-16(18)14-26(22)40-32)34-30(38-24)28-4-2-6-42-28/h1-14H. The summed E-state index contributed by atoms with van der Waals surface area (Å²) in [7, 11) is 0. The van der Waals surface area contributed by atoms with E-state index in [4.69, 9.17) is 27.6 Å². The second kappa shape index (κ2) is 8.12. The van der Waals surface area contributed by atoms with Gasteiger partial charge in [-0.25, -0.2) is 19.9 Å². The first-order valence-electron chi connectivity index (χ1n) is 13.1. The highest BCUT2D eigenvalue weighted by atomic mass is 32.1. The third-order valence-electron chi connectivity index (χ3n) is 7.35. The van der Waals surface area contributed by atoms with Crippen LogP contribution < -0.4 is 0 Å². The smallest absolute Gasteiger partial charge is 0.284 e. The molecule has 0 bridgehead atoms. The van der Waals surface area contributed by atoms with Crippen molar-refractivity contribution in [3.8, 4) is 33.3 Å². The molecular weight excluding hydrogens is 569 g/mol. The van der Waals surface area contributed by atoms with Crippen LogP contribution in [0.1, 0.15) is 0 Å². The number of rotatable bonds is 3. The zero-order valence-electron chi connectivity index (χ0n) is 21.3. The zero-order chi connectivity index (χ0) is 27.4. The second-order valence-corrected chi connectivity index (χ2v) is 11.9. The van der Waals surface area contributed by atoms with Gasteiger partial charge in [0.25, 0.3) is 11.8 Å². The summed E-state index contributed by atoms with van der Waals surface area (Å²) >= 11 is 3.20. The fourth-order valence-electron chi connectivity index (χ4n) is 5.38. The highest BCUT2D eigenvalue weighted by molar-refractivity contribution is 7.13. The van der Waals surface area contributed by atoms with Gasteiger partial charge in [-0.15, -0.1) is 22.7 Å². The van der Waals surface area contributed by atoms with Gasteiger partial charge in [0.2, 0.25) is 11.8 Å². The lowest BCUT2D eigenvalue weighted by Gasteiger charge is -1.96. The van der Waals surface area contributed by atoms with E-state index in [1.807, 2.05) is 83.6 Å². The van der Waals surface area contributed by atoms with Gasteiger partial charge in [-0.2, -0.15) is 0 Å². The Morgan fingerprint density at radius 3 is 1.07 bits per heavy atom. The number of oxazole rings is 4. The highest BCUT2D eigenvalue weighted by Gasteiger charge is 2.18. The molecule has 0 amide bonds. The van der Waals surface area contributed by atoms with E-state index >= 15 is 0 Å². The monoisotopic (exact) mass is 582 g/mol. The third-order valence-corrected chi connectivity index (χ3v) is 9.07. The minimum Gasteiger partial charge on any atom is -0.435 e. The molecule has 0 unspecified atom stereocenters. The van der Waals surface area contributed by atoms with Gasteiger partial charge < -0.3 is 17.7 Å². The summed E-state index contributed by atoms with van der Waals surface area (Å²) in [5.74, 6) is 1.88. The number of thiophene rings is 2.